The first-order valence-corrected chi connectivity index (χ1v) is 12.1. The van der Waals surface area contributed by atoms with Gasteiger partial charge in [-0.3, -0.25) is 0 Å². The van der Waals surface area contributed by atoms with Crippen molar-refractivity contribution in [2.75, 3.05) is 12.4 Å². The first kappa shape index (κ1) is 18.2. The smallest absolute Gasteiger partial charge is 0.141 e. The lowest BCUT2D eigenvalue weighted by Gasteiger charge is -2.27. The number of hydrogen-bond acceptors (Lipinski definition) is 2. The number of anilines is 1. The van der Waals surface area contributed by atoms with Crippen LogP contribution in [0.2, 0.25) is 13.1 Å². The summed E-state index contributed by atoms with van der Waals surface area (Å²) in [5.41, 5.74) is 7.97. The molecule has 0 atom stereocenters. The number of rotatable bonds is 3. The molecule has 4 rings (SSSR count). The third kappa shape index (κ3) is 2.78. The van der Waals surface area contributed by atoms with Gasteiger partial charge in [0.1, 0.15) is 5.75 Å². The van der Waals surface area contributed by atoms with Gasteiger partial charge in [-0.05, 0) is 43.2 Å². The lowest BCUT2D eigenvalue weighted by atomic mass is 10.0. The Kier molecular flexibility index (Phi) is 4.15. The maximum absolute atomic E-state index is 6.00. The molecule has 27 heavy (non-hydrogen) atoms. The van der Waals surface area contributed by atoms with Crippen molar-refractivity contribution in [3.63, 3.8) is 0 Å². The van der Waals surface area contributed by atoms with E-state index in [4.69, 9.17) is 4.74 Å². The Hall–Kier alpha value is -2.20. The van der Waals surface area contributed by atoms with E-state index in [9.17, 15) is 0 Å². The largest absolute Gasteiger partial charge is 0.495 e. The minimum Gasteiger partial charge on any atom is -0.495 e. The van der Waals surface area contributed by atoms with E-state index in [-0.39, 0.29) is 5.54 Å². The van der Waals surface area contributed by atoms with E-state index >= 15 is 0 Å². The Balaban J connectivity index is 2.15. The monoisotopic (exact) mass is 377 g/mol. The van der Waals surface area contributed by atoms with Gasteiger partial charge in [0.05, 0.1) is 27.1 Å². The Bertz CT molecular complexity index is 1040. The molecule has 1 heterocycles. The van der Waals surface area contributed by atoms with Gasteiger partial charge in [-0.2, -0.15) is 0 Å². The van der Waals surface area contributed by atoms with Crippen LogP contribution in [0.3, 0.4) is 0 Å². The highest BCUT2D eigenvalue weighted by atomic mass is 28.3. The summed E-state index contributed by atoms with van der Waals surface area (Å²) in [7, 11) is 3.35. The maximum atomic E-state index is 6.00. The van der Waals surface area contributed by atoms with Crippen molar-refractivity contribution in [3.05, 3.63) is 41.6 Å². The molecule has 2 aromatic carbocycles. The summed E-state index contributed by atoms with van der Waals surface area (Å²) >= 11 is 0. The second-order valence-electron chi connectivity index (χ2n) is 8.82. The molecule has 0 bridgehead atoms. The highest BCUT2D eigenvalue weighted by molar-refractivity contribution is 6.72. The first-order chi connectivity index (χ1) is 12.7. The van der Waals surface area contributed by atoms with E-state index in [1.54, 1.807) is 7.11 Å². The molecule has 0 amide bonds. The van der Waals surface area contributed by atoms with Crippen molar-refractivity contribution >= 4 is 30.6 Å². The molecular weight excluding hydrogens is 348 g/mol. The van der Waals surface area contributed by atoms with E-state index in [2.05, 4.69) is 81.1 Å². The van der Waals surface area contributed by atoms with Gasteiger partial charge in [0.2, 0.25) is 0 Å². The van der Waals surface area contributed by atoms with Crippen molar-refractivity contribution in [3.8, 4) is 16.9 Å². The van der Waals surface area contributed by atoms with Crippen LogP contribution >= 0.6 is 0 Å². The molecule has 0 unspecified atom stereocenters. The molecule has 0 saturated carbocycles. The van der Waals surface area contributed by atoms with Gasteiger partial charge in [0.25, 0.3) is 0 Å². The fourth-order valence-corrected chi connectivity index (χ4v) is 5.41. The van der Waals surface area contributed by atoms with Crippen LogP contribution in [0.15, 0.2) is 30.3 Å². The summed E-state index contributed by atoms with van der Waals surface area (Å²) in [6, 6.07) is 11.2. The van der Waals surface area contributed by atoms with Crippen molar-refractivity contribution in [1.29, 1.82) is 0 Å². The summed E-state index contributed by atoms with van der Waals surface area (Å²) in [4.78, 5) is 0. The van der Waals surface area contributed by atoms with E-state index in [0.29, 0.717) is 0 Å². The van der Waals surface area contributed by atoms with Crippen LogP contribution in [-0.2, 0) is 13.5 Å². The van der Waals surface area contributed by atoms with Crippen LogP contribution in [0.1, 0.15) is 32.0 Å². The standard InChI is InChI=1S/C23H29N2OSi/c1-23(2,3)24-21-20-17(13-18(27(6)7)22(21)26-5)25(4)16-12-14-10-8-9-11-15(14)19(16)20/h8-11,13,24H,12H2,1-7H3. The number of benzene rings is 2. The predicted octanol–water partition coefficient (Wildman–Crippen LogP) is 4.93. The van der Waals surface area contributed by atoms with Gasteiger partial charge >= 0.3 is 0 Å². The Morgan fingerprint density at radius 1 is 1.15 bits per heavy atom. The highest BCUT2D eigenvalue weighted by Gasteiger charge is 2.30. The van der Waals surface area contributed by atoms with Gasteiger partial charge in [-0.25, -0.2) is 0 Å². The Morgan fingerprint density at radius 2 is 1.85 bits per heavy atom. The third-order valence-electron chi connectivity index (χ3n) is 5.45. The Morgan fingerprint density at radius 3 is 2.48 bits per heavy atom. The molecule has 141 valence electrons. The zero-order valence-electron chi connectivity index (χ0n) is 17.4. The minimum absolute atomic E-state index is 0.0476. The van der Waals surface area contributed by atoms with E-state index < -0.39 is 8.80 Å². The molecule has 1 aliphatic rings. The molecule has 4 heteroatoms. The van der Waals surface area contributed by atoms with Crippen LogP contribution in [0.5, 0.6) is 5.75 Å². The third-order valence-corrected chi connectivity index (χ3v) is 6.90. The molecule has 0 aliphatic heterocycles. The summed E-state index contributed by atoms with van der Waals surface area (Å²) in [5.74, 6) is 1.02. The summed E-state index contributed by atoms with van der Waals surface area (Å²) in [5, 5.41) is 6.45. The number of fused-ring (bicyclic) bond motifs is 5. The van der Waals surface area contributed by atoms with E-state index in [1.165, 1.54) is 38.5 Å². The molecular formula is C23H29N2OSi. The molecule has 0 fully saturated rings. The molecule has 1 aliphatic carbocycles. The predicted molar refractivity (Wildman–Crippen MR) is 118 cm³/mol. The molecule has 3 nitrogen and oxygen atoms in total. The minimum atomic E-state index is -0.668. The SMILES string of the molecule is COc1c([Si](C)C)cc2c(c1NC(C)(C)C)c1c(n2C)Cc2ccccc2-1. The Labute approximate surface area is 164 Å². The van der Waals surface area contributed by atoms with Crippen molar-refractivity contribution < 1.29 is 4.74 Å². The highest BCUT2D eigenvalue weighted by Crippen LogP contribution is 2.48. The summed E-state index contributed by atoms with van der Waals surface area (Å²) in [6.45, 7) is 11.3. The number of methoxy groups -OCH3 is 1. The topological polar surface area (TPSA) is 26.2 Å². The average Bonchev–Trinajstić information content (AvgIpc) is 3.09. The van der Waals surface area contributed by atoms with Crippen molar-refractivity contribution in [1.82, 2.24) is 4.57 Å². The second-order valence-corrected chi connectivity index (χ2v) is 11.4. The second kappa shape index (κ2) is 6.16. The molecule has 0 saturated heterocycles. The summed E-state index contributed by atoms with van der Waals surface area (Å²) < 4.78 is 8.40. The zero-order valence-corrected chi connectivity index (χ0v) is 18.4. The first-order valence-electron chi connectivity index (χ1n) is 9.62. The van der Waals surface area contributed by atoms with Gasteiger partial charge in [-0.1, -0.05) is 37.4 Å². The summed E-state index contributed by atoms with van der Waals surface area (Å²) in [6.07, 6.45) is 0.999. The van der Waals surface area contributed by atoms with Crippen LogP contribution in [0.25, 0.3) is 22.0 Å². The maximum Gasteiger partial charge on any atom is 0.141 e. The number of aromatic nitrogens is 1. The van der Waals surface area contributed by atoms with Gasteiger partial charge in [0, 0.05) is 35.7 Å². The van der Waals surface area contributed by atoms with Crippen LogP contribution < -0.4 is 15.2 Å². The number of aryl methyl sites for hydroxylation is 1. The average molecular weight is 378 g/mol. The van der Waals surface area contributed by atoms with E-state index in [0.717, 1.165) is 17.9 Å². The van der Waals surface area contributed by atoms with Crippen LogP contribution in [0.4, 0.5) is 5.69 Å². The molecule has 0 spiro atoms. The van der Waals surface area contributed by atoms with Gasteiger partial charge < -0.3 is 14.6 Å². The normalized spacial score (nSPS) is 13.2. The van der Waals surface area contributed by atoms with E-state index in [1.807, 2.05) is 0 Å². The molecule has 3 aromatic rings. The van der Waals surface area contributed by atoms with Crippen LogP contribution in [0, 0.1) is 0 Å². The quantitative estimate of drug-likeness (QED) is 0.512. The van der Waals surface area contributed by atoms with Crippen LogP contribution in [-0.4, -0.2) is 26.0 Å². The molecule has 1 aromatic heterocycles. The number of nitrogens with zero attached hydrogens (tertiary/aromatic N) is 1. The molecule has 1 radical (unpaired) electrons. The fraction of sp³-hybridized carbons (Fsp3) is 0.391. The zero-order chi connectivity index (χ0) is 19.5. The number of nitrogens with one attached hydrogen (secondary N) is 1. The lowest BCUT2D eigenvalue weighted by molar-refractivity contribution is 0.418. The van der Waals surface area contributed by atoms with Crippen molar-refractivity contribution in [2.45, 2.75) is 45.8 Å². The van der Waals surface area contributed by atoms with Crippen molar-refractivity contribution in [2.24, 2.45) is 7.05 Å². The van der Waals surface area contributed by atoms with Gasteiger partial charge in [-0.15, -0.1) is 0 Å². The van der Waals surface area contributed by atoms with Gasteiger partial charge in [0.15, 0.2) is 0 Å². The fourth-order valence-electron chi connectivity index (χ4n) is 4.30. The number of ether oxygens (including phenoxy) is 1. The number of hydrogen-bond donors (Lipinski definition) is 1. The molecule has 1 N–H and O–H groups in total. The lowest BCUT2D eigenvalue weighted by Crippen LogP contribution is -2.30.